The van der Waals surface area contributed by atoms with Crippen molar-refractivity contribution >= 4 is 17.7 Å². The molecule has 1 atom stereocenters. The number of rotatable bonds is 6. The van der Waals surface area contributed by atoms with Gasteiger partial charge < -0.3 is 15.5 Å². The number of benzene rings is 1. The summed E-state index contributed by atoms with van der Waals surface area (Å²) in [6, 6.07) is 5.97. The molecule has 0 unspecified atom stereocenters. The molecule has 0 aliphatic heterocycles. The highest BCUT2D eigenvalue weighted by Gasteiger charge is 2.20. The number of hydrogen-bond donors (Lipinski definition) is 1. The number of hydrogen-bond acceptors (Lipinski definition) is 6. The van der Waals surface area contributed by atoms with Crippen LogP contribution in [0.3, 0.4) is 0 Å². The molecule has 1 heterocycles. The van der Waals surface area contributed by atoms with Gasteiger partial charge in [-0.15, -0.1) is 10.2 Å². The molecule has 1 aromatic heterocycles. The molecule has 2 rings (SSSR count). The zero-order valence-electron chi connectivity index (χ0n) is 14.6. The van der Waals surface area contributed by atoms with E-state index in [1.807, 2.05) is 32.9 Å². The van der Waals surface area contributed by atoms with Gasteiger partial charge in [-0.1, -0.05) is 29.5 Å². The summed E-state index contributed by atoms with van der Waals surface area (Å²) in [5.41, 5.74) is 2.23. The van der Waals surface area contributed by atoms with Gasteiger partial charge in [-0.05, 0) is 32.4 Å². The first kappa shape index (κ1) is 18.1. The van der Waals surface area contributed by atoms with Gasteiger partial charge in [0, 0.05) is 14.1 Å². The van der Waals surface area contributed by atoms with E-state index in [0.29, 0.717) is 11.0 Å². The zero-order chi connectivity index (χ0) is 17.9. The SMILES string of the molecule is Cc1ccc(OCc2nnc(S[C@@H](C)C(=O)N(C)C)n2N)c(C)c1. The quantitative estimate of drug-likeness (QED) is 0.632. The molecule has 0 aliphatic carbocycles. The molecule has 2 N–H and O–H groups in total. The highest BCUT2D eigenvalue weighted by molar-refractivity contribution is 8.00. The molecule has 0 bridgehead atoms. The van der Waals surface area contributed by atoms with E-state index >= 15 is 0 Å². The number of nitrogen functional groups attached to an aromatic ring is 1. The van der Waals surface area contributed by atoms with Gasteiger partial charge >= 0.3 is 0 Å². The standard InChI is InChI=1S/C16H23N5O2S/c1-10-6-7-13(11(2)8-10)23-9-14-18-19-16(21(14)17)24-12(3)15(22)20(4)5/h6-8,12H,9,17H2,1-5H3/t12-/m0/s1. The van der Waals surface area contributed by atoms with Crippen molar-refractivity contribution in [2.75, 3.05) is 19.9 Å². The first-order chi connectivity index (χ1) is 11.3. The van der Waals surface area contributed by atoms with Crippen LogP contribution in [0.25, 0.3) is 0 Å². The normalized spacial score (nSPS) is 12.0. The lowest BCUT2D eigenvalue weighted by atomic mass is 10.1. The summed E-state index contributed by atoms with van der Waals surface area (Å²) in [7, 11) is 3.44. The van der Waals surface area contributed by atoms with E-state index in [-0.39, 0.29) is 17.8 Å². The number of carbonyl (C=O) groups is 1. The fourth-order valence-electron chi connectivity index (χ4n) is 2.16. The Hall–Kier alpha value is -2.22. The smallest absolute Gasteiger partial charge is 0.235 e. The second kappa shape index (κ2) is 7.57. The molecule has 24 heavy (non-hydrogen) atoms. The van der Waals surface area contributed by atoms with E-state index in [9.17, 15) is 4.79 Å². The van der Waals surface area contributed by atoms with Crippen molar-refractivity contribution in [1.82, 2.24) is 19.8 Å². The fourth-order valence-corrected chi connectivity index (χ4v) is 3.10. The van der Waals surface area contributed by atoms with E-state index in [4.69, 9.17) is 10.6 Å². The van der Waals surface area contributed by atoms with Crippen LogP contribution in [-0.2, 0) is 11.4 Å². The summed E-state index contributed by atoms with van der Waals surface area (Å²) in [6.45, 7) is 6.05. The van der Waals surface area contributed by atoms with Gasteiger partial charge in [0.1, 0.15) is 12.4 Å². The highest BCUT2D eigenvalue weighted by Crippen LogP contribution is 2.23. The van der Waals surface area contributed by atoms with Gasteiger partial charge in [0.05, 0.1) is 5.25 Å². The van der Waals surface area contributed by atoms with Crippen molar-refractivity contribution in [3.63, 3.8) is 0 Å². The van der Waals surface area contributed by atoms with E-state index in [0.717, 1.165) is 11.3 Å². The molecular formula is C16H23N5O2S. The summed E-state index contributed by atoms with van der Waals surface area (Å²) < 4.78 is 7.14. The number of thioether (sulfide) groups is 1. The summed E-state index contributed by atoms with van der Waals surface area (Å²) in [5, 5.41) is 8.29. The molecule has 7 nitrogen and oxygen atoms in total. The summed E-state index contributed by atoms with van der Waals surface area (Å²) in [5.74, 6) is 7.30. The molecular weight excluding hydrogens is 326 g/mol. The van der Waals surface area contributed by atoms with Gasteiger partial charge in [0.2, 0.25) is 11.1 Å². The molecule has 0 aliphatic rings. The Labute approximate surface area is 146 Å². The van der Waals surface area contributed by atoms with Gasteiger partial charge in [-0.3, -0.25) is 4.79 Å². The van der Waals surface area contributed by atoms with E-state index in [1.165, 1.54) is 22.0 Å². The Morgan fingerprint density at radius 1 is 1.38 bits per heavy atom. The molecule has 0 fully saturated rings. The average molecular weight is 349 g/mol. The molecule has 0 saturated carbocycles. The predicted molar refractivity (Wildman–Crippen MR) is 94.4 cm³/mol. The van der Waals surface area contributed by atoms with E-state index in [1.54, 1.807) is 19.0 Å². The van der Waals surface area contributed by atoms with Crippen molar-refractivity contribution in [2.24, 2.45) is 0 Å². The lowest BCUT2D eigenvalue weighted by Crippen LogP contribution is -2.30. The minimum Gasteiger partial charge on any atom is -0.485 e. The van der Waals surface area contributed by atoms with Crippen LogP contribution in [0, 0.1) is 13.8 Å². The number of amides is 1. The minimum absolute atomic E-state index is 0.00363. The third-order valence-electron chi connectivity index (χ3n) is 3.49. The molecule has 1 amide bonds. The number of ether oxygens (including phenoxy) is 1. The third-order valence-corrected chi connectivity index (χ3v) is 4.54. The maximum atomic E-state index is 11.9. The van der Waals surface area contributed by atoms with Gasteiger partial charge in [-0.25, -0.2) is 4.68 Å². The molecule has 1 aromatic carbocycles. The second-order valence-corrected chi connectivity index (χ2v) is 7.13. The Bertz CT molecular complexity index is 729. The molecule has 0 saturated heterocycles. The highest BCUT2D eigenvalue weighted by atomic mass is 32.2. The molecule has 2 aromatic rings. The van der Waals surface area contributed by atoms with Gasteiger partial charge in [0.15, 0.2) is 5.82 Å². The van der Waals surface area contributed by atoms with Crippen molar-refractivity contribution < 1.29 is 9.53 Å². The van der Waals surface area contributed by atoms with E-state index in [2.05, 4.69) is 16.3 Å². The zero-order valence-corrected chi connectivity index (χ0v) is 15.4. The van der Waals surface area contributed by atoms with Crippen LogP contribution < -0.4 is 10.6 Å². The molecule has 130 valence electrons. The number of aryl methyl sites for hydroxylation is 2. The average Bonchev–Trinajstić information content (AvgIpc) is 2.86. The predicted octanol–water partition coefficient (Wildman–Crippen LogP) is 1.76. The van der Waals surface area contributed by atoms with Crippen LogP contribution in [0.1, 0.15) is 23.9 Å². The van der Waals surface area contributed by atoms with E-state index < -0.39 is 0 Å². The fraction of sp³-hybridized carbons (Fsp3) is 0.438. The third kappa shape index (κ3) is 4.19. The van der Waals surface area contributed by atoms with Crippen molar-refractivity contribution in [1.29, 1.82) is 0 Å². The number of carbonyl (C=O) groups excluding carboxylic acids is 1. The Morgan fingerprint density at radius 2 is 2.08 bits per heavy atom. The summed E-state index contributed by atoms with van der Waals surface area (Å²) in [6.07, 6.45) is 0. The number of nitrogens with two attached hydrogens (primary N) is 1. The lowest BCUT2D eigenvalue weighted by Gasteiger charge is -2.15. The van der Waals surface area contributed by atoms with Crippen LogP contribution in [0.4, 0.5) is 0 Å². The van der Waals surface area contributed by atoms with Gasteiger partial charge in [-0.2, -0.15) is 0 Å². The van der Waals surface area contributed by atoms with Gasteiger partial charge in [0.25, 0.3) is 0 Å². The summed E-state index contributed by atoms with van der Waals surface area (Å²) >= 11 is 1.27. The van der Waals surface area contributed by atoms with Crippen LogP contribution in [0.15, 0.2) is 23.4 Å². The molecule has 8 heteroatoms. The maximum Gasteiger partial charge on any atom is 0.235 e. The number of nitrogens with zero attached hydrogens (tertiary/aromatic N) is 4. The Kier molecular flexibility index (Phi) is 5.71. The van der Waals surface area contributed by atoms with Crippen LogP contribution in [0.2, 0.25) is 0 Å². The maximum absolute atomic E-state index is 11.9. The van der Waals surface area contributed by atoms with Crippen LogP contribution in [-0.4, -0.2) is 45.0 Å². The van der Waals surface area contributed by atoms with Crippen LogP contribution >= 0.6 is 11.8 Å². The summed E-state index contributed by atoms with van der Waals surface area (Å²) in [4.78, 5) is 13.5. The van der Waals surface area contributed by atoms with Crippen molar-refractivity contribution in [3.8, 4) is 5.75 Å². The molecule has 0 radical (unpaired) electrons. The monoisotopic (exact) mass is 349 g/mol. The molecule has 0 spiro atoms. The first-order valence-corrected chi connectivity index (χ1v) is 8.44. The largest absolute Gasteiger partial charge is 0.485 e. The second-order valence-electron chi connectivity index (χ2n) is 5.82. The first-order valence-electron chi connectivity index (χ1n) is 7.57. The minimum atomic E-state index is -0.292. The van der Waals surface area contributed by atoms with Crippen LogP contribution in [0.5, 0.6) is 5.75 Å². The topological polar surface area (TPSA) is 86.3 Å². The van der Waals surface area contributed by atoms with Crippen molar-refractivity contribution in [2.45, 2.75) is 37.8 Å². The number of aromatic nitrogens is 3. The Morgan fingerprint density at radius 3 is 2.71 bits per heavy atom. The lowest BCUT2D eigenvalue weighted by molar-refractivity contribution is -0.127. The van der Waals surface area contributed by atoms with Crippen molar-refractivity contribution in [3.05, 3.63) is 35.2 Å². The Balaban J connectivity index is 2.03.